The standard InChI is InChI=1S/C21H26O7S/c1-4-26-20(21(22)25-2)15-17-6-5-7-19(14-17)27-13-12-16-8-10-18(11-9-16)28-29(3,23)24/h5-11,14,20H,4,12-13,15H2,1-3H3. The van der Waals surface area contributed by atoms with Gasteiger partial charge in [-0.3, -0.25) is 0 Å². The maximum Gasteiger partial charge on any atom is 0.335 e. The average molecular weight is 422 g/mol. The van der Waals surface area contributed by atoms with Crippen LogP contribution >= 0.6 is 0 Å². The molecule has 2 aromatic carbocycles. The number of ether oxygens (including phenoxy) is 3. The van der Waals surface area contributed by atoms with Gasteiger partial charge < -0.3 is 18.4 Å². The summed E-state index contributed by atoms with van der Waals surface area (Å²) in [6.07, 6.45) is 1.41. The molecular weight excluding hydrogens is 396 g/mol. The molecule has 0 aliphatic carbocycles. The van der Waals surface area contributed by atoms with Gasteiger partial charge in [0.05, 0.1) is 20.0 Å². The minimum atomic E-state index is -3.53. The first-order valence-electron chi connectivity index (χ1n) is 9.20. The Kier molecular flexibility index (Phi) is 8.48. The molecule has 0 spiro atoms. The van der Waals surface area contributed by atoms with Crippen LogP contribution in [0.25, 0.3) is 0 Å². The van der Waals surface area contributed by atoms with Crippen LogP contribution in [-0.2, 0) is 37.2 Å². The molecule has 0 amide bonds. The Morgan fingerprint density at radius 1 is 1.03 bits per heavy atom. The second kappa shape index (κ2) is 10.8. The van der Waals surface area contributed by atoms with E-state index in [1.54, 1.807) is 24.3 Å². The van der Waals surface area contributed by atoms with Gasteiger partial charge in [-0.15, -0.1) is 0 Å². The smallest absolute Gasteiger partial charge is 0.335 e. The Morgan fingerprint density at radius 3 is 2.38 bits per heavy atom. The van der Waals surface area contributed by atoms with E-state index in [0.717, 1.165) is 17.4 Å². The Morgan fingerprint density at radius 2 is 1.76 bits per heavy atom. The highest BCUT2D eigenvalue weighted by atomic mass is 32.2. The van der Waals surface area contributed by atoms with Gasteiger partial charge in [-0.25, -0.2) is 4.79 Å². The van der Waals surface area contributed by atoms with Gasteiger partial charge in [-0.2, -0.15) is 8.42 Å². The molecule has 0 fully saturated rings. The van der Waals surface area contributed by atoms with Gasteiger partial charge in [0.15, 0.2) is 6.10 Å². The molecule has 0 N–H and O–H groups in total. The lowest BCUT2D eigenvalue weighted by Crippen LogP contribution is -2.28. The van der Waals surface area contributed by atoms with Crippen LogP contribution in [0.2, 0.25) is 0 Å². The summed E-state index contributed by atoms with van der Waals surface area (Å²) in [5.41, 5.74) is 1.90. The van der Waals surface area contributed by atoms with Crippen molar-refractivity contribution in [2.75, 3.05) is 26.6 Å². The summed E-state index contributed by atoms with van der Waals surface area (Å²) in [6.45, 7) is 2.70. The molecular formula is C21H26O7S. The van der Waals surface area contributed by atoms with Crippen LogP contribution in [0.1, 0.15) is 18.1 Å². The summed E-state index contributed by atoms with van der Waals surface area (Å²) < 4.78 is 43.1. The molecule has 0 heterocycles. The monoisotopic (exact) mass is 422 g/mol. The third-order valence-electron chi connectivity index (χ3n) is 3.98. The summed E-state index contributed by atoms with van der Waals surface area (Å²) in [7, 11) is -2.19. The van der Waals surface area contributed by atoms with Crippen LogP contribution in [0.4, 0.5) is 0 Å². The Balaban J connectivity index is 1.89. The van der Waals surface area contributed by atoms with E-state index in [-0.39, 0.29) is 5.75 Å². The molecule has 7 nitrogen and oxygen atoms in total. The minimum absolute atomic E-state index is 0.277. The van der Waals surface area contributed by atoms with E-state index >= 15 is 0 Å². The number of carbonyl (C=O) groups excluding carboxylic acids is 1. The molecule has 8 heteroatoms. The molecule has 2 rings (SSSR count). The van der Waals surface area contributed by atoms with Crippen molar-refractivity contribution < 1.29 is 31.6 Å². The minimum Gasteiger partial charge on any atom is -0.493 e. The molecule has 1 unspecified atom stereocenters. The highest BCUT2D eigenvalue weighted by Gasteiger charge is 2.20. The van der Waals surface area contributed by atoms with Crippen molar-refractivity contribution in [3.63, 3.8) is 0 Å². The SMILES string of the molecule is CCOC(Cc1cccc(OCCc2ccc(OS(C)(=O)=O)cc2)c1)C(=O)OC. The fourth-order valence-electron chi connectivity index (χ4n) is 2.69. The molecule has 1 atom stereocenters. The first-order chi connectivity index (χ1) is 13.8. The van der Waals surface area contributed by atoms with Crippen molar-refractivity contribution >= 4 is 16.1 Å². The first kappa shape index (κ1) is 22.7. The van der Waals surface area contributed by atoms with Crippen LogP contribution in [0.15, 0.2) is 48.5 Å². The van der Waals surface area contributed by atoms with Crippen molar-refractivity contribution in [3.8, 4) is 11.5 Å². The predicted octanol–water partition coefficient (Wildman–Crippen LogP) is 2.77. The maximum absolute atomic E-state index is 11.8. The number of methoxy groups -OCH3 is 1. The molecule has 0 aliphatic rings. The zero-order valence-electron chi connectivity index (χ0n) is 16.8. The number of benzene rings is 2. The summed E-state index contributed by atoms with van der Waals surface area (Å²) in [5.74, 6) is 0.570. The van der Waals surface area contributed by atoms with Crippen LogP contribution in [0.5, 0.6) is 11.5 Å². The van der Waals surface area contributed by atoms with E-state index in [0.29, 0.717) is 31.8 Å². The van der Waals surface area contributed by atoms with Crippen LogP contribution < -0.4 is 8.92 Å². The maximum atomic E-state index is 11.8. The molecule has 2 aromatic rings. The summed E-state index contributed by atoms with van der Waals surface area (Å²) in [6, 6.07) is 14.3. The van der Waals surface area contributed by atoms with Gasteiger partial charge in [0, 0.05) is 19.4 Å². The third kappa shape index (κ3) is 8.13. The van der Waals surface area contributed by atoms with Crippen molar-refractivity contribution in [2.24, 2.45) is 0 Å². The molecule has 0 bridgehead atoms. The molecule has 0 saturated carbocycles. The number of esters is 1. The lowest BCUT2D eigenvalue weighted by Gasteiger charge is -2.15. The number of rotatable bonds is 11. The number of carbonyl (C=O) groups is 1. The predicted molar refractivity (Wildman–Crippen MR) is 109 cm³/mol. The van der Waals surface area contributed by atoms with Gasteiger partial charge in [-0.05, 0) is 42.3 Å². The zero-order chi connectivity index (χ0) is 21.3. The molecule has 0 saturated heterocycles. The first-order valence-corrected chi connectivity index (χ1v) is 11.0. The van der Waals surface area contributed by atoms with Gasteiger partial charge in [-0.1, -0.05) is 24.3 Å². The Labute approximate surface area is 171 Å². The van der Waals surface area contributed by atoms with Gasteiger partial charge in [0.2, 0.25) is 0 Å². The lowest BCUT2D eigenvalue weighted by molar-refractivity contribution is -0.153. The van der Waals surface area contributed by atoms with Gasteiger partial charge in [0.25, 0.3) is 0 Å². The fourth-order valence-corrected chi connectivity index (χ4v) is 3.15. The zero-order valence-corrected chi connectivity index (χ0v) is 17.6. The Hall–Kier alpha value is -2.58. The fraction of sp³-hybridized carbons (Fsp3) is 0.381. The van der Waals surface area contributed by atoms with Crippen LogP contribution in [0.3, 0.4) is 0 Å². The summed E-state index contributed by atoms with van der Waals surface area (Å²) in [4.78, 5) is 11.8. The highest BCUT2D eigenvalue weighted by Crippen LogP contribution is 2.18. The highest BCUT2D eigenvalue weighted by molar-refractivity contribution is 7.86. The quantitative estimate of drug-likeness (QED) is 0.406. The van der Waals surface area contributed by atoms with E-state index in [4.69, 9.17) is 18.4 Å². The second-order valence-electron chi connectivity index (χ2n) is 6.35. The van der Waals surface area contributed by atoms with E-state index in [1.807, 2.05) is 31.2 Å². The topological polar surface area (TPSA) is 88.1 Å². The van der Waals surface area contributed by atoms with E-state index in [1.165, 1.54) is 7.11 Å². The van der Waals surface area contributed by atoms with Crippen LogP contribution in [-0.4, -0.2) is 47.1 Å². The molecule has 29 heavy (non-hydrogen) atoms. The largest absolute Gasteiger partial charge is 0.493 e. The van der Waals surface area contributed by atoms with E-state index < -0.39 is 22.2 Å². The summed E-state index contributed by atoms with van der Waals surface area (Å²) in [5, 5.41) is 0. The van der Waals surface area contributed by atoms with E-state index in [2.05, 4.69) is 0 Å². The average Bonchev–Trinajstić information content (AvgIpc) is 2.67. The van der Waals surface area contributed by atoms with Crippen molar-refractivity contribution in [3.05, 3.63) is 59.7 Å². The van der Waals surface area contributed by atoms with Gasteiger partial charge in [0.1, 0.15) is 11.5 Å². The molecule has 0 aliphatic heterocycles. The molecule has 0 aromatic heterocycles. The van der Waals surface area contributed by atoms with Crippen molar-refractivity contribution in [1.82, 2.24) is 0 Å². The lowest BCUT2D eigenvalue weighted by atomic mass is 10.1. The van der Waals surface area contributed by atoms with Crippen molar-refractivity contribution in [2.45, 2.75) is 25.9 Å². The number of hydrogen-bond acceptors (Lipinski definition) is 7. The summed E-state index contributed by atoms with van der Waals surface area (Å²) >= 11 is 0. The van der Waals surface area contributed by atoms with Gasteiger partial charge >= 0.3 is 16.1 Å². The van der Waals surface area contributed by atoms with Crippen molar-refractivity contribution in [1.29, 1.82) is 0 Å². The van der Waals surface area contributed by atoms with E-state index in [9.17, 15) is 13.2 Å². The van der Waals surface area contributed by atoms with Crippen LogP contribution in [0, 0.1) is 0 Å². The molecule has 158 valence electrons. The second-order valence-corrected chi connectivity index (χ2v) is 7.92. The Bertz CT molecular complexity index is 892. The third-order valence-corrected chi connectivity index (χ3v) is 4.48. The normalized spacial score (nSPS) is 12.2. The molecule has 0 radical (unpaired) electrons. The number of hydrogen-bond donors (Lipinski definition) is 0.